The molecule has 0 aromatic heterocycles. The van der Waals surface area contributed by atoms with Crippen LogP contribution in [-0.4, -0.2) is 44.6 Å². The van der Waals surface area contributed by atoms with Crippen LogP contribution < -0.4 is 0 Å². The molecule has 2 aliphatic carbocycles. The monoisotopic (exact) mass is 348 g/mol. The van der Waals surface area contributed by atoms with Crippen molar-refractivity contribution in [1.29, 1.82) is 0 Å². The summed E-state index contributed by atoms with van der Waals surface area (Å²) in [6.45, 7) is -0.250. The molecule has 17 heavy (non-hydrogen) atoms. The van der Waals surface area contributed by atoms with E-state index in [-0.39, 0.29) is 34.4 Å². The van der Waals surface area contributed by atoms with Crippen LogP contribution in [0.5, 0.6) is 0 Å². The molecule has 2 fully saturated rings. The first-order valence-electron chi connectivity index (χ1n) is 7.34. The molecule has 0 bridgehead atoms. The molecule has 3 heteroatoms. The summed E-state index contributed by atoms with van der Waals surface area (Å²) in [5.74, 6) is 0. The summed E-state index contributed by atoms with van der Waals surface area (Å²) < 4.78 is 2.58. The van der Waals surface area contributed by atoms with Crippen molar-refractivity contribution in [2.75, 3.05) is 13.2 Å². The van der Waals surface area contributed by atoms with Gasteiger partial charge in [0.1, 0.15) is 0 Å². The van der Waals surface area contributed by atoms with E-state index in [0.29, 0.717) is 0 Å². The van der Waals surface area contributed by atoms with Crippen molar-refractivity contribution < 1.29 is 10.2 Å². The average molecular weight is 347 g/mol. The van der Waals surface area contributed by atoms with E-state index in [9.17, 15) is 0 Å². The van der Waals surface area contributed by atoms with E-state index in [1.807, 2.05) is 0 Å². The van der Waals surface area contributed by atoms with Gasteiger partial charge in [-0.15, -0.1) is 0 Å². The van der Waals surface area contributed by atoms with Crippen LogP contribution in [0.2, 0.25) is 7.87 Å². The summed E-state index contributed by atoms with van der Waals surface area (Å²) in [4.78, 5) is 0. The summed E-state index contributed by atoms with van der Waals surface area (Å²) in [6.07, 6.45) is 15.9. The third-order valence-electron chi connectivity index (χ3n) is 3.78. The molecule has 0 heterocycles. The summed E-state index contributed by atoms with van der Waals surface area (Å²) in [5.41, 5.74) is 0. The molecule has 0 aromatic rings. The molecule has 0 saturated heterocycles. The molecule has 0 unspecified atom stereocenters. The van der Waals surface area contributed by atoms with Crippen molar-refractivity contribution in [2.24, 2.45) is 0 Å². The topological polar surface area (TPSA) is 40.5 Å². The third kappa shape index (κ3) is 7.68. The molecule has 0 amide bonds. The smallest absolute Gasteiger partial charge is 0.0662 e. The summed E-state index contributed by atoms with van der Waals surface area (Å²) in [6, 6.07) is 0. The summed E-state index contributed by atoms with van der Waals surface area (Å²) in [7, 11) is 0. The van der Waals surface area contributed by atoms with Gasteiger partial charge in [0, 0.05) is 0 Å². The van der Waals surface area contributed by atoms with Crippen molar-refractivity contribution in [3.05, 3.63) is 0 Å². The fraction of sp³-hybridized carbons (Fsp3) is 1.00. The van der Waals surface area contributed by atoms with E-state index >= 15 is 0 Å². The predicted octanol–water partition coefficient (Wildman–Crippen LogP) is 3.17. The Labute approximate surface area is 116 Å². The average Bonchev–Trinajstić information content (AvgIpc) is 2.41. The fourth-order valence-electron chi connectivity index (χ4n) is 2.87. The van der Waals surface area contributed by atoms with Crippen molar-refractivity contribution in [2.45, 2.75) is 72.1 Å². The molecule has 0 spiro atoms. The number of rotatable bonds is 3. The molecule has 2 aliphatic rings. The SMILES string of the molecule is C1CC[CH]([Sn][CH]2CCCCC2)CC1.OCCO. The molecule has 2 rings (SSSR count). The standard InChI is InChI=1S/2C6H11.C2H6O2.Sn/c2*1-2-4-6-5-3-1;3-1-2-4;/h2*1H,2-6H2;3-4H,1-2H2;. The second kappa shape index (κ2) is 10.6. The second-order valence-corrected chi connectivity index (χ2v) is 10.9. The van der Waals surface area contributed by atoms with Crippen LogP contribution in [0.15, 0.2) is 0 Å². The van der Waals surface area contributed by atoms with Crippen LogP contribution in [0.1, 0.15) is 64.2 Å². The largest absolute Gasteiger partial charge is 0.394 e. The zero-order valence-corrected chi connectivity index (χ0v) is 13.9. The fourth-order valence-corrected chi connectivity index (χ4v) is 9.01. The Bertz CT molecular complexity index is 146. The molecule has 2 N–H and O–H groups in total. The number of aliphatic hydroxyl groups is 2. The first-order valence-corrected chi connectivity index (χ1v) is 10.6. The van der Waals surface area contributed by atoms with Gasteiger partial charge in [0.25, 0.3) is 0 Å². The first kappa shape index (κ1) is 15.8. The maximum absolute atomic E-state index is 7.62. The third-order valence-corrected chi connectivity index (χ3v) is 9.77. The van der Waals surface area contributed by atoms with E-state index in [1.54, 1.807) is 64.2 Å². The minimum Gasteiger partial charge on any atom is -0.394 e. The Morgan fingerprint density at radius 1 is 0.647 bits per heavy atom. The predicted molar refractivity (Wildman–Crippen MR) is 73.6 cm³/mol. The van der Waals surface area contributed by atoms with Gasteiger partial charge in [0.2, 0.25) is 0 Å². The van der Waals surface area contributed by atoms with Crippen LogP contribution in [0.3, 0.4) is 0 Å². The van der Waals surface area contributed by atoms with Gasteiger partial charge >= 0.3 is 93.2 Å². The van der Waals surface area contributed by atoms with Crippen molar-refractivity contribution in [1.82, 2.24) is 0 Å². The van der Waals surface area contributed by atoms with E-state index in [2.05, 4.69) is 0 Å². The Balaban J connectivity index is 0.000000317. The van der Waals surface area contributed by atoms with E-state index in [1.165, 1.54) is 7.87 Å². The first-order chi connectivity index (χ1) is 8.36. The molecule has 100 valence electrons. The van der Waals surface area contributed by atoms with Crippen LogP contribution in [0.25, 0.3) is 0 Å². The number of hydrogen-bond donors (Lipinski definition) is 2. The zero-order chi connectivity index (χ0) is 12.3. The van der Waals surface area contributed by atoms with E-state index < -0.39 is 0 Å². The minimum absolute atomic E-state index is 0.0367. The van der Waals surface area contributed by atoms with Crippen molar-refractivity contribution in [3.8, 4) is 0 Å². The number of aliphatic hydroxyl groups excluding tert-OH is 2. The molecule has 2 nitrogen and oxygen atoms in total. The van der Waals surface area contributed by atoms with Gasteiger partial charge in [-0.3, -0.25) is 0 Å². The summed E-state index contributed by atoms with van der Waals surface area (Å²) in [5, 5.41) is 15.2. The van der Waals surface area contributed by atoms with Gasteiger partial charge in [0.05, 0.1) is 13.2 Å². The van der Waals surface area contributed by atoms with Crippen LogP contribution in [-0.2, 0) is 0 Å². The minimum atomic E-state index is -0.125. The molecule has 2 radical (unpaired) electrons. The van der Waals surface area contributed by atoms with Gasteiger partial charge in [-0.2, -0.15) is 0 Å². The van der Waals surface area contributed by atoms with Crippen LogP contribution in [0.4, 0.5) is 0 Å². The van der Waals surface area contributed by atoms with Gasteiger partial charge < -0.3 is 10.2 Å². The molecular formula is C14H28O2Sn. The van der Waals surface area contributed by atoms with Crippen LogP contribution in [0, 0.1) is 0 Å². The Kier molecular flexibility index (Phi) is 9.86. The molecule has 0 aromatic carbocycles. The van der Waals surface area contributed by atoms with Crippen molar-refractivity contribution >= 4 is 21.1 Å². The Morgan fingerprint density at radius 3 is 1.29 bits per heavy atom. The van der Waals surface area contributed by atoms with Gasteiger partial charge in [-0.1, -0.05) is 0 Å². The maximum Gasteiger partial charge on any atom is 0.0662 e. The Hall–Kier alpha value is 0.719. The molecule has 0 aliphatic heterocycles. The molecular weight excluding hydrogens is 319 g/mol. The maximum atomic E-state index is 7.62. The molecule has 0 atom stereocenters. The molecule has 2 saturated carbocycles. The quantitative estimate of drug-likeness (QED) is 0.770. The number of hydrogen-bond acceptors (Lipinski definition) is 2. The second-order valence-electron chi connectivity index (χ2n) is 5.28. The van der Waals surface area contributed by atoms with Crippen LogP contribution >= 0.6 is 0 Å². The van der Waals surface area contributed by atoms with Gasteiger partial charge in [-0.05, 0) is 0 Å². The Morgan fingerprint density at radius 2 is 1.00 bits per heavy atom. The zero-order valence-electron chi connectivity index (χ0n) is 11.0. The van der Waals surface area contributed by atoms with E-state index in [0.717, 1.165) is 0 Å². The van der Waals surface area contributed by atoms with Crippen molar-refractivity contribution in [3.63, 3.8) is 0 Å². The normalized spacial score (nSPS) is 22.9. The summed E-state index contributed by atoms with van der Waals surface area (Å²) >= 11 is 0.0367. The van der Waals surface area contributed by atoms with Gasteiger partial charge in [0.15, 0.2) is 0 Å². The van der Waals surface area contributed by atoms with E-state index in [4.69, 9.17) is 10.2 Å². The van der Waals surface area contributed by atoms with Gasteiger partial charge in [-0.25, -0.2) is 0 Å².